The molecule has 0 atom stereocenters. The van der Waals surface area contributed by atoms with Crippen LogP contribution in [0, 0.1) is 17.8 Å². The normalized spacial score (nSPS) is 16.9. The summed E-state index contributed by atoms with van der Waals surface area (Å²) in [4.78, 5) is 12.6. The van der Waals surface area contributed by atoms with Gasteiger partial charge in [-0.3, -0.25) is 4.79 Å². The van der Waals surface area contributed by atoms with Crippen LogP contribution in [0.2, 0.25) is 0 Å². The van der Waals surface area contributed by atoms with Gasteiger partial charge in [-0.15, -0.1) is 0 Å². The first kappa shape index (κ1) is 7.07. The highest BCUT2D eigenvalue weighted by Crippen LogP contribution is 2.06. The molecule has 1 radical (unpaired) electrons. The average Bonchev–Trinajstić information content (AvgIpc) is 2.38. The fourth-order valence-electron chi connectivity index (χ4n) is 0.991. The third-order valence-electron chi connectivity index (χ3n) is 1.54. The average molecular weight is 137 g/mol. The number of rotatable bonds is 1. The lowest BCUT2D eigenvalue weighted by molar-refractivity contribution is -0.128. The second kappa shape index (κ2) is 3.21. The second-order valence-electron chi connectivity index (χ2n) is 2.25. The zero-order valence-corrected chi connectivity index (χ0v) is 5.71. The number of nitriles is 1. The Morgan fingerprint density at radius 1 is 1.80 bits per heavy atom. The lowest BCUT2D eigenvalue weighted by Crippen LogP contribution is -2.26. The van der Waals surface area contributed by atoms with E-state index >= 15 is 0 Å². The molecule has 10 heavy (non-hydrogen) atoms. The number of likely N-dealkylation sites (tertiary alicyclic amines) is 1. The van der Waals surface area contributed by atoms with Gasteiger partial charge >= 0.3 is 0 Å². The molecule has 0 spiro atoms. The van der Waals surface area contributed by atoms with E-state index in [1.165, 1.54) is 0 Å². The molecule has 53 valence electrons. The van der Waals surface area contributed by atoms with Crippen molar-refractivity contribution in [1.29, 1.82) is 5.26 Å². The predicted molar refractivity (Wildman–Crippen MR) is 35.7 cm³/mol. The minimum absolute atomic E-state index is 0.0217. The van der Waals surface area contributed by atoms with Crippen molar-refractivity contribution in [2.45, 2.75) is 12.8 Å². The number of amides is 1. The summed E-state index contributed by atoms with van der Waals surface area (Å²) in [5, 5.41) is 8.19. The van der Waals surface area contributed by atoms with Crippen molar-refractivity contribution >= 4 is 5.91 Å². The maximum Gasteiger partial charge on any atom is 0.236 e. The molecular formula is C7H9N2O. The molecule has 0 aromatic heterocycles. The smallest absolute Gasteiger partial charge is 0.236 e. The molecule has 0 aromatic rings. The van der Waals surface area contributed by atoms with Crippen molar-refractivity contribution in [2.75, 3.05) is 13.1 Å². The molecule has 0 bridgehead atoms. The molecule has 0 aliphatic carbocycles. The van der Waals surface area contributed by atoms with Crippen LogP contribution < -0.4 is 0 Å². The standard InChI is InChI=1S/C7H9N2O/c8-4-3-7(10)9-5-1-2-6-9/h1H,2-3,5-6H2. The van der Waals surface area contributed by atoms with E-state index in [4.69, 9.17) is 5.26 Å². The summed E-state index contributed by atoms with van der Waals surface area (Å²) in [6.07, 6.45) is 3.04. The summed E-state index contributed by atoms with van der Waals surface area (Å²) in [6, 6.07) is 1.84. The van der Waals surface area contributed by atoms with E-state index in [2.05, 4.69) is 6.42 Å². The first-order chi connectivity index (χ1) is 4.84. The van der Waals surface area contributed by atoms with Gasteiger partial charge in [0.25, 0.3) is 0 Å². The van der Waals surface area contributed by atoms with Crippen LogP contribution in [0.15, 0.2) is 0 Å². The van der Waals surface area contributed by atoms with Crippen molar-refractivity contribution in [2.24, 2.45) is 0 Å². The van der Waals surface area contributed by atoms with E-state index in [1.54, 1.807) is 4.90 Å². The molecule has 1 amide bonds. The third-order valence-corrected chi connectivity index (χ3v) is 1.54. The SMILES string of the molecule is N#CCC(=O)N1C[CH]CC1. The van der Waals surface area contributed by atoms with Crippen LogP contribution in [0.4, 0.5) is 0 Å². The molecule has 1 saturated heterocycles. The van der Waals surface area contributed by atoms with Crippen LogP contribution in [0.5, 0.6) is 0 Å². The molecule has 0 saturated carbocycles. The quantitative estimate of drug-likeness (QED) is 0.523. The summed E-state index contributed by atoms with van der Waals surface area (Å²) in [7, 11) is 0. The van der Waals surface area contributed by atoms with Crippen molar-refractivity contribution in [3.05, 3.63) is 6.42 Å². The van der Waals surface area contributed by atoms with Crippen LogP contribution in [-0.2, 0) is 4.79 Å². The van der Waals surface area contributed by atoms with E-state index in [0.717, 1.165) is 19.5 Å². The van der Waals surface area contributed by atoms with Crippen LogP contribution in [0.3, 0.4) is 0 Å². The van der Waals surface area contributed by atoms with Crippen molar-refractivity contribution in [1.82, 2.24) is 4.90 Å². The Bertz CT molecular complexity index is 165. The van der Waals surface area contributed by atoms with Crippen molar-refractivity contribution in [3.8, 4) is 6.07 Å². The van der Waals surface area contributed by atoms with Gasteiger partial charge in [-0.2, -0.15) is 5.26 Å². The highest BCUT2D eigenvalue weighted by atomic mass is 16.2. The van der Waals surface area contributed by atoms with E-state index < -0.39 is 0 Å². The molecular weight excluding hydrogens is 128 g/mol. The molecule has 3 nitrogen and oxygen atoms in total. The van der Waals surface area contributed by atoms with E-state index in [1.807, 2.05) is 6.07 Å². The third kappa shape index (κ3) is 1.47. The fourth-order valence-corrected chi connectivity index (χ4v) is 0.991. The molecule has 1 aliphatic rings. The van der Waals surface area contributed by atoms with Crippen LogP contribution in [0.1, 0.15) is 12.8 Å². The maximum absolute atomic E-state index is 10.9. The number of carbonyl (C=O) groups is 1. The van der Waals surface area contributed by atoms with Crippen LogP contribution >= 0.6 is 0 Å². The van der Waals surface area contributed by atoms with Crippen molar-refractivity contribution in [3.63, 3.8) is 0 Å². The molecule has 3 heteroatoms. The lowest BCUT2D eigenvalue weighted by atomic mass is 10.4. The zero-order valence-electron chi connectivity index (χ0n) is 5.71. The summed E-state index contributed by atoms with van der Waals surface area (Å²) < 4.78 is 0. The Morgan fingerprint density at radius 3 is 3.10 bits per heavy atom. The van der Waals surface area contributed by atoms with Crippen LogP contribution in [0.25, 0.3) is 0 Å². The lowest BCUT2D eigenvalue weighted by Gasteiger charge is -2.11. The van der Waals surface area contributed by atoms with Crippen LogP contribution in [-0.4, -0.2) is 23.9 Å². The van der Waals surface area contributed by atoms with Crippen molar-refractivity contribution < 1.29 is 4.79 Å². The Balaban J connectivity index is 2.34. The van der Waals surface area contributed by atoms with Gasteiger partial charge in [0, 0.05) is 13.1 Å². The Kier molecular flexibility index (Phi) is 2.27. The largest absolute Gasteiger partial charge is 0.342 e. The summed E-state index contributed by atoms with van der Waals surface area (Å²) in [5.74, 6) is -0.0451. The fraction of sp³-hybridized carbons (Fsp3) is 0.571. The highest BCUT2D eigenvalue weighted by Gasteiger charge is 2.16. The van der Waals surface area contributed by atoms with Gasteiger partial charge in [-0.1, -0.05) is 0 Å². The first-order valence-corrected chi connectivity index (χ1v) is 3.31. The molecule has 0 N–H and O–H groups in total. The molecule has 0 aromatic carbocycles. The summed E-state index contributed by atoms with van der Waals surface area (Å²) >= 11 is 0. The monoisotopic (exact) mass is 137 g/mol. The van der Waals surface area contributed by atoms with E-state index in [9.17, 15) is 4.79 Å². The van der Waals surface area contributed by atoms with Gasteiger partial charge < -0.3 is 4.90 Å². The van der Waals surface area contributed by atoms with Gasteiger partial charge in [0.1, 0.15) is 6.42 Å². The Morgan fingerprint density at radius 2 is 2.60 bits per heavy atom. The topological polar surface area (TPSA) is 44.1 Å². The summed E-state index contributed by atoms with van der Waals surface area (Å²) in [6.45, 7) is 1.51. The zero-order chi connectivity index (χ0) is 7.40. The molecule has 1 aliphatic heterocycles. The Labute approximate surface area is 60.2 Å². The van der Waals surface area contributed by atoms with E-state index in [-0.39, 0.29) is 12.3 Å². The number of carbonyl (C=O) groups excluding carboxylic acids is 1. The van der Waals surface area contributed by atoms with Gasteiger partial charge in [0.15, 0.2) is 0 Å². The van der Waals surface area contributed by atoms with Gasteiger partial charge in [-0.05, 0) is 12.8 Å². The van der Waals surface area contributed by atoms with Gasteiger partial charge in [-0.25, -0.2) is 0 Å². The number of hydrogen-bond acceptors (Lipinski definition) is 2. The van der Waals surface area contributed by atoms with Gasteiger partial charge in [0.05, 0.1) is 6.07 Å². The highest BCUT2D eigenvalue weighted by molar-refractivity contribution is 5.78. The molecule has 1 rings (SSSR count). The summed E-state index contributed by atoms with van der Waals surface area (Å²) in [5.41, 5.74) is 0. The number of hydrogen-bond donors (Lipinski definition) is 0. The second-order valence-corrected chi connectivity index (χ2v) is 2.25. The van der Waals surface area contributed by atoms with Gasteiger partial charge in [0.2, 0.25) is 5.91 Å². The minimum atomic E-state index is -0.0451. The first-order valence-electron chi connectivity index (χ1n) is 3.31. The maximum atomic E-state index is 10.9. The van der Waals surface area contributed by atoms with E-state index in [0.29, 0.717) is 0 Å². The molecule has 1 heterocycles. The number of nitrogens with zero attached hydrogens (tertiary/aromatic N) is 2. The minimum Gasteiger partial charge on any atom is -0.342 e. The Hall–Kier alpha value is -1.04. The molecule has 1 fully saturated rings. The molecule has 0 unspecified atom stereocenters. The predicted octanol–water partition coefficient (Wildman–Crippen LogP) is 0.337.